The van der Waals surface area contributed by atoms with Gasteiger partial charge in [0.1, 0.15) is 5.88 Å². The Morgan fingerprint density at radius 1 is 0.964 bits per heavy atom. The van der Waals surface area contributed by atoms with Crippen molar-refractivity contribution in [2.75, 3.05) is 37.0 Å². The Morgan fingerprint density at radius 3 is 2.07 bits per heavy atom. The number of para-hydroxylation sites is 1. The van der Waals surface area contributed by atoms with E-state index in [1.54, 1.807) is 11.8 Å². The maximum Gasteiger partial charge on any atom is 0.242 e. The molecule has 3 amide bonds. The number of alkyl halides is 1. The number of anilines is 1. The standard InChI is InChI=1S/C21H28ClN3O3/c1-16(26)23-11-7-17(8-12-23)21(28)24-13-9-19(10-14-24)25(20(27)15-22)18-5-3-2-4-6-18/h2-6,17,19H,7-15H2,1H3. The van der Waals surface area contributed by atoms with Gasteiger partial charge in [-0.3, -0.25) is 14.4 Å². The number of piperidine rings is 2. The number of benzene rings is 1. The summed E-state index contributed by atoms with van der Waals surface area (Å²) in [4.78, 5) is 42.3. The first-order chi connectivity index (χ1) is 13.5. The van der Waals surface area contributed by atoms with E-state index >= 15 is 0 Å². The van der Waals surface area contributed by atoms with E-state index in [9.17, 15) is 14.4 Å². The number of carbonyl (C=O) groups excluding carboxylic acids is 3. The summed E-state index contributed by atoms with van der Waals surface area (Å²) in [5.74, 6) is 0.118. The zero-order valence-corrected chi connectivity index (χ0v) is 17.1. The fourth-order valence-corrected chi connectivity index (χ4v) is 4.38. The van der Waals surface area contributed by atoms with Gasteiger partial charge < -0.3 is 14.7 Å². The van der Waals surface area contributed by atoms with Gasteiger partial charge >= 0.3 is 0 Å². The molecule has 2 aliphatic heterocycles. The summed E-state index contributed by atoms with van der Waals surface area (Å²) in [6.07, 6.45) is 2.96. The second-order valence-corrected chi connectivity index (χ2v) is 7.84. The van der Waals surface area contributed by atoms with Crippen LogP contribution in [0.15, 0.2) is 30.3 Å². The summed E-state index contributed by atoms with van der Waals surface area (Å²) in [6.45, 7) is 4.20. The highest BCUT2D eigenvalue weighted by molar-refractivity contribution is 6.29. The zero-order valence-electron chi connectivity index (χ0n) is 16.3. The molecule has 2 saturated heterocycles. The minimum atomic E-state index is -0.103. The van der Waals surface area contributed by atoms with Crippen molar-refractivity contribution in [2.45, 2.75) is 38.6 Å². The molecule has 2 heterocycles. The number of hydrogen-bond donors (Lipinski definition) is 0. The third kappa shape index (κ3) is 4.66. The van der Waals surface area contributed by atoms with E-state index in [0.29, 0.717) is 26.2 Å². The van der Waals surface area contributed by atoms with Gasteiger partial charge in [-0.2, -0.15) is 0 Å². The molecule has 0 saturated carbocycles. The Hall–Kier alpha value is -2.08. The number of rotatable bonds is 4. The van der Waals surface area contributed by atoms with Crippen molar-refractivity contribution in [1.29, 1.82) is 0 Å². The monoisotopic (exact) mass is 405 g/mol. The summed E-state index contributed by atoms with van der Waals surface area (Å²) in [5, 5.41) is 0. The molecular weight excluding hydrogens is 378 g/mol. The van der Waals surface area contributed by atoms with Gasteiger partial charge in [-0.15, -0.1) is 11.6 Å². The average Bonchev–Trinajstić information content (AvgIpc) is 2.74. The van der Waals surface area contributed by atoms with E-state index in [-0.39, 0.29) is 35.6 Å². The molecule has 28 heavy (non-hydrogen) atoms. The van der Waals surface area contributed by atoms with E-state index in [0.717, 1.165) is 31.4 Å². The van der Waals surface area contributed by atoms with Crippen LogP contribution in [-0.2, 0) is 14.4 Å². The van der Waals surface area contributed by atoms with Crippen molar-refractivity contribution in [3.05, 3.63) is 30.3 Å². The van der Waals surface area contributed by atoms with E-state index in [2.05, 4.69) is 0 Å². The number of carbonyl (C=O) groups is 3. The van der Waals surface area contributed by atoms with Gasteiger partial charge in [-0.25, -0.2) is 0 Å². The molecule has 0 aromatic heterocycles. The fourth-order valence-electron chi connectivity index (χ4n) is 4.26. The van der Waals surface area contributed by atoms with Crippen molar-refractivity contribution in [2.24, 2.45) is 5.92 Å². The topological polar surface area (TPSA) is 60.9 Å². The van der Waals surface area contributed by atoms with Crippen LogP contribution >= 0.6 is 11.6 Å². The van der Waals surface area contributed by atoms with Crippen LogP contribution in [0, 0.1) is 5.92 Å². The molecule has 6 nitrogen and oxygen atoms in total. The van der Waals surface area contributed by atoms with Crippen molar-refractivity contribution in [3.8, 4) is 0 Å². The Bertz CT molecular complexity index is 696. The van der Waals surface area contributed by atoms with Gasteiger partial charge in [0, 0.05) is 50.7 Å². The molecular formula is C21H28ClN3O3. The largest absolute Gasteiger partial charge is 0.343 e. The minimum Gasteiger partial charge on any atom is -0.343 e. The lowest BCUT2D eigenvalue weighted by molar-refractivity contribution is -0.140. The van der Waals surface area contributed by atoms with E-state index in [1.807, 2.05) is 40.1 Å². The summed E-state index contributed by atoms with van der Waals surface area (Å²) in [5.41, 5.74) is 0.856. The van der Waals surface area contributed by atoms with Crippen LogP contribution < -0.4 is 4.90 Å². The fraction of sp³-hybridized carbons (Fsp3) is 0.571. The van der Waals surface area contributed by atoms with Gasteiger partial charge in [-0.1, -0.05) is 18.2 Å². The maximum absolute atomic E-state index is 12.9. The highest BCUT2D eigenvalue weighted by Gasteiger charge is 2.34. The lowest BCUT2D eigenvalue weighted by Gasteiger charge is -2.40. The lowest BCUT2D eigenvalue weighted by atomic mass is 9.93. The van der Waals surface area contributed by atoms with Crippen LogP contribution in [-0.4, -0.2) is 65.6 Å². The molecule has 0 bridgehead atoms. The van der Waals surface area contributed by atoms with Crippen LogP contribution in [0.2, 0.25) is 0 Å². The third-order valence-electron chi connectivity index (χ3n) is 5.85. The van der Waals surface area contributed by atoms with Crippen LogP contribution in [0.4, 0.5) is 5.69 Å². The summed E-state index contributed by atoms with van der Waals surface area (Å²) in [7, 11) is 0. The smallest absolute Gasteiger partial charge is 0.242 e. The normalized spacial score (nSPS) is 18.8. The predicted molar refractivity (Wildman–Crippen MR) is 109 cm³/mol. The zero-order chi connectivity index (χ0) is 20.1. The maximum atomic E-state index is 12.9. The minimum absolute atomic E-state index is 0.00171. The Kier molecular flexibility index (Phi) is 6.94. The first-order valence-electron chi connectivity index (χ1n) is 9.98. The van der Waals surface area contributed by atoms with Crippen LogP contribution in [0.3, 0.4) is 0 Å². The van der Waals surface area contributed by atoms with E-state index in [4.69, 9.17) is 11.6 Å². The van der Waals surface area contributed by atoms with Gasteiger partial charge in [0.2, 0.25) is 17.7 Å². The van der Waals surface area contributed by atoms with Crippen molar-refractivity contribution in [1.82, 2.24) is 9.80 Å². The summed E-state index contributed by atoms with van der Waals surface area (Å²) in [6, 6.07) is 9.64. The molecule has 1 aromatic carbocycles. The van der Waals surface area contributed by atoms with Crippen LogP contribution in [0.1, 0.15) is 32.6 Å². The Morgan fingerprint density at radius 2 is 1.54 bits per heavy atom. The van der Waals surface area contributed by atoms with Crippen molar-refractivity contribution in [3.63, 3.8) is 0 Å². The van der Waals surface area contributed by atoms with Crippen molar-refractivity contribution >= 4 is 35.0 Å². The van der Waals surface area contributed by atoms with Crippen LogP contribution in [0.5, 0.6) is 0 Å². The molecule has 2 fully saturated rings. The highest BCUT2D eigenvalue weighted by Crippen LogP contribution is 2.26. The van der Waals surface area contributed by atoms with Gasteiger partial charge in [0.05, 0.1) is 0 Å². The summed E-state index contributed by atoms with van der Waals surface area (Å²) < 4.78 is 0. The molecule has 0 radical (unpaired) electrons. The van der Waals surface area contributed by atoms with Gasteiger partial charge in [-0.05, 0) is 37.8 Å². The van der Waals surface area contributed by atoms with Crippen LogP contribution in [0.25, 0.3) is 0 Å². The van der Waals surface area contributed by atoms with Crippen molar-refractivity contribution < 1.29 is 14.4 Å². The van der Waals surface area contributed by atoms with Gasteiger partial charge in [0.15, 0.2) is 0 Å². The molecule has 0 atom stereocenters. The average molecular weight is 406 g/mol. The Balaban J connectivity index is 1.58. The molecule has 152 valence electrons. The Labute approximate surface area is 171 Å². The molecule has 1 aromatic rings. The molecule has 2 aliphatic rings. The quantitative estimate of drug-likeness (QED) is 0.723. The molecule has 0 aliphatic carbocycles. The lowest BCUT2D eigenvalue weighted by Crippen LogP contribution is -2.51. The third-order valence-corrected chi connectivity index (χ3v) is 6.08. The molecule has 0 unspecified atom stereocenters. The first-order valence-corrected chi connectivity index (χ1v) is 10.5. The summed E-state index contributed by atoms with van der Waals surface area (Å²) >= 11 is 5.85. The van der Waals surface area contributed by atoms with E-state index < -0.39 is 0 Å². The van der Waals surface area contributed by atoms with E-state index in [1.165, 1.54) is 0 Å². The number of hydrogen-bond acceptors (Lipinski definition) is 3. The number of likely N-dealkylation sites (tertiary alicyclic amines) is 2. The molecule has 0 N–H and O–H groups in total. The number of nitrogens with zero attached hydrogens (tertiary/aromatic N) is 3. The molecule has 7 heteroatoms. The number of amides is 3. The number of halogens is 1. The second-order valence-electron chi connectivity index (χ2n) is 7.57. The van der Waals surface area contributed by atoms with Gasteiger partial charge in [0.25, 0.3) is 0 Å². The SMILES string of the molecule is CC(=O)N1CCC(C(=O)N2CCC(N(C(=O)CCl)c3ccccc3)CC2)CC1. The highest BCUT2D eigenvalue weighted by atomic mass is 35.5. The predicted octanol–water partition coefficient (Wildman–Crippen LogP) is 2.51. The molecule has 3 rings (SSSR count). The second kappa shape index (κ2) is 9.41. The first kappa shape index (κ1) is 20.6. The molecule has 0 spiro atoms.